The Hall–Kier alpha value is -0.700. The summed E-state index contributed by atoms with van der Waals surface area (Å²) < 4.78 is 0. The Labute approximate surface area is 76.6 Å². The van der Waals surface area contributed by atoms with Crippen LogP contribution in [0.3, 0.4) is 0 Å². The van der Waals surface area contributed by atoms with E-state index in [1.807, 2.05) is 19.2 Å². The normalized spacial score (nSPS) is 12.8. The number of hydrogen-bond donors (Lipinski definition) is 0. The van der Waals surface area contributed by atoms with E-state index in [9.17, 15) is 4.79 Å². The fourth-order valence-electron chi connectivity index (χ4n) is 0.937. The van der Waals surface area contributed by atoms with Crippen molar-refractivity contribution in [1.82, 2.24) is 4.98 Å². The van der Waals surface area contributed by atoms with Crippen LogP contribution < -0.4 is 0 Å². The highest BCUT2D eigenvalue weighted by Crippen LogP contribution is 2.12. The second-order valence-corrected chi connectivity index (χ2v) is 3.98. The number of hydrogen-bond acceptors (Lipinski definition) is 3. The number of aldehydes is 1. The molecule has 0 fully saturated rings. The lowest BCUT2D eigenvalue weighted by Crippen LogP contribution is -1.97. The van der Waals surface area contributed by atoms with Crippen molar-refractivity contribution in [2.45, 2.75) is 26.7 Å². The lowest BCUT2D eigenvalue weighted by molar-refractivity contribution is -0.110. The quantitative estimate of drug-likeness (QED) is 0.670. The van der Waals surface area contributed by atoms with Crippen molar-refractivity contribution >= 4 is 17.6 Å². The van der Waals surface area contributed by atoms with Crippen LogP contribution in [0, 0.1) is 12.8 Å². The Morgan fingerprint density at radius 3 is 3.00 bits per heavy atom. The van der Waals surface area contributed by atoms with Gasteiger partial charge in [-0.2, -0.15) is 0 Å². The molecule has 0 saturated heterocycles. The third-order valence-electron chi connectivity index (χ3n) is 1.71. The van der Waals surface area contributed by atoms with Gasteiger partial charge >= 0.3 is 0 Å². The van der Waals surface area contributed by atoms with E-state index >= 15 is 0 Å². The summed E-state index contributed by atoms with van der Waals surface area (Å²) in [6, 6.07) is 0. The van der Waals surface area contributed by atoms with Crippen molar-refractivity contribution in [3.05, 3.63) is 16.1 Å². The molecule has 66 valence electrons. The molecule has 1 atom stereocenters. The van der Waals surface area contributed by atoms with E-state index < -0.39 is 0 Å². The van der Waals surface area contributed by atoms with Gasteiger partial charge in [-0.3, -0.25) is 0 Å². The highest BCUT2D eigenvalue weighted by molar-refractivity contribution is 7.09. The molecule has 0 aliphatic carbocycles. The van der Waals surface area contributed by atoms with Gasteiger partial charge in [0.25, 0.3) is 0 Å². The van der Waals surface area contributed by atoms with Crippen molar-refractivity contribution in [3.63, 3.8) is 0 Å². The second-order valence-electron chi connectivity index (χ2n) is 3.03. The van der Waals surface area contributed by atoms with Gasteiger partial charge in [0.1, 0.15) is 6.29 Å². The smallest absolute Gasteiger partial charge is 0.122 e. The molecule has 0 aromatic carbocycles. The lowest BCUT2D eigenvalue weighted by Gasteiger charge is -1.98. The van der Waals surface area contributed by atoms with E-state index in [0.717, 1.165) is 29.8 Å². The highest BCUT2D eigenvalue weighted by Gasteiger charge is 2.02. The van der Waals surface area contributed by atoms with Crippen LogP contribution in [-0.2, 0) is 11.2 Å². The van der Waals surface area contributed by atoms with E-state index in [0.29, 0.717) is 0 Å². The minimum Gasteiger partial charge on any atom is -0.303 e. The van der Waals surface area contributed by atoms with Crippen LogP contribution in [0.5, 0.6) is 0 Å². The lowest BCUT2D eigenvalue weighted by atomic mass is 10.1. The molecule has 2 nitrogen and oxygen atoms in total. The predicted molar refractivity (Wildman–Crippen MR) is 50.4 cm³/mol. The number of nitrogens with zero attached hydrogens (tertiary/aromatic N) is 1. The van der Waals surface area contributed by atoms with E-state index in [1.54, 1.807) is 11.3 Å². The Morgan fingerprint density at radius 2 is 2.50 bits per heavy atom. The van der Waals surface area contributed by atoms with Crippen molar-refractivity contribution in [2.75, 3.05) is 0 Å². The van der Waals surface area contributed by atoms with Gasteiger partial charge in [0, 0.05) is 17.0 Å². The molecule has 1 unspecified atom stereocenters. The maximum atomic E-state index is 10.3. The molecule has 0 aliphatic heterocycles. The Kier molecular flexibility index (Phi) is 3.41. The monoisotopic (exact) mass is 183 g/mol. The third-order valence-corrected chi connectivity index (χ3v) is 2.74. The van der Waals surface area contributed by atoms with E-state index in [2.05, 4.69) is 4.98 Å². The van der Waals surface area contributed by atoms with Crippen LogP contribution in [0.1, 0.15) is 24.0 Å². The zero-order valence-corrected chi connectivity index (χ0v) is 8.23. The maximum Gasteiger partial charge on any atom is 0.122 e. The fourth-order valence-corrected chi connectivity index (χ4v) is 1.73. The number of carbonyl (C=O) groups is 1. The van der Waals surface area contributed by atoms with Crippen LogP contribution in [0.25, 0.3) is 0 Å². The largest absolute Gasteiger partial charge is 0.303 e. The summed E-state index contributed by atoms with van der Waals surface area (Å²) >= 11 is 1.67. The van der Waals surface area contributed by atoms with Gasteiger partial charge in [-0.15, -0.1) is 11.3 Å². The molecule has 1 rings (SSSR count). The number of thiazole rings is 1. The van der Waals surface area contributed by atoms with E-state index in [1.165, 1.54) is 0 Å². The Bertz CT molecular complexity index is 257. The van der Waals surface area contributed by atoms with E-state index in [4.69, 9.17) is 0 Å². The molecule has 1 aromatic heterocycles. The first-order chi connectivity index (χ1) is 5.72. The van der Waals surface area contributed by atoms with Gasteiger partial charge < -0.3 is 4.79 Å². The summed E-state index contributed by atoms with van der Waals surface area (Å²) in [5.74, 6) is 0.161. The summed E-state index contributed by atoms with van der Waals surface area (Å²) in [6.07, 6.45) is 2.84. The summed E-state index contributed by atoms with van der Waals surface area (Å²) in [5, 5.41) is 3.18. The molecular formula is C9H13NOS. The minimum absolute atomic E-state index is 0.161. The average molecular weight is 183 g/mol. The molecule has 0 aliphatic rings. The van der Waals surface area contributed by atoms with Crippen LogP contribution in [-0.4, -0.2) is 11.3 Å². The van der Waals surface area contributed by atoms with Gasteiger partial charge in [-0.05, 0) is 19.8 Å². The fraction of sp³-hybridized carbons (Fsp3) is 0.556. The number of rotatable bonds is 4. The summed E-state index contributed by atoms with van der Waals surface area (Å²) in [5.41, 5.74) is 1.08. The van der Waals surface area contributed by atoms with Gasteiger partial charge in [-0.1, -0.05) is 6.92 Å². The molecule has 0 saturated carbocycles. The summed E-state index contributed by atoms with van der Waals surface area (Å²) in [7, 11) is 0. The van der Waals surface area contributed by atoms with Crippen molar-refractivity contribution in [3.8, 4) is 0 Å². The predicted octanol–water partition coefficient (Wildman–Crippen LogP) is 2.22. The molecule has 1 heterocycles. The first-order valence-electron chi connectivity index (χ1n) is 4.08. The van der Waals surface area contributed by atoms with Gasteiger partial charge in [0.05, 0.1) is 5.01 Å². The highest BCUT2D eigenvalue weighted by atomic mass is 32.1. The van der Waals surface area contributed by atoms with Crippen molar-refractivity contribution in [2.24, 2.45) is 5.92 Å². The molecule has 12 heavy (non-hydrogen) atoms. The first kappa shape index (κ1) is 9.39. The third kappa shape index (κ3) is 2.74. The van der Waals surface area contributed by atoms with Crippen molar-refractivity contribution < 1.29 is 4.79 Å². The van der Waals surface area contributed by atoms with Gasteiger partial charge in [0.15, 0.2) is 0 Å². The Morgan fingerprint density at radius 1 is 1.75 bits per heavy atom. The molecular weight excluding hydrogens is 170 g/mol. The zero-order valence-electron chi connectivity index (χ0n) is 7.41. The van der Waals surface area contributed by atoms with Crippen LogP contribution >= 0.6 is 11.3 Å². The molecule has 0 bridgehead atoms. The standard InChI is InChI=1S/C9H13NOS/c1-7(5-11)3-4-9-10-8(2)6-12-9/h5-7H,3-4H2,1-2H3. The van der Waals surface area contributed by atoms with Crippen LogP contribution in [0.4, 0.5) is 0 Å². The van der Waals surface area contributed by atoms with E-state index in [-0.39, 0.29) is 5.92 Å². The van der Waals surface area contributed by atoms with Crippen LogP contribution in [0.15, 0.2) is 5.38 Å². The molecule has 0 spiro atoms. The second kappa shape index (κ2) is 4.36. The van der Waals surface area contributed by atoms with Gasteiger partial charge in [0.2, 0.25) is 0 Å². The first-order valence-corrected chi connectivity index (χ1v) is 4.96. The minimum atomic E-state index is 0.161. The zero-order chi connectivity index (χ0) is 8.97. The number of carbonyl (C=O) groups excluding carboxylic acids is 1. The SMILES string of the molecule is Cc1csc(CCC(C)C=O)n1. The molecule has 0 N–H and O–H groups in total. The molecule has 3 heteroatoms. The van der Waals surface area contributed by atoms with Gasteiger partial charge in [-0.25, -0.2) is 4.98 Å². The summed E-state index contributed by atoms with van der Waals surface area (Å²) in [4.78, 5) is 14.6. The number of aromatic nitrogens is 1. The Balaban J connectivity index is 2.37. The molecule has 0 amide bonds. The maximum absolute atomic E-state index is 10.3. The van der Waals surface area contributed by atoms with Crippen LogP contribution in [0.2, 0.25) is 0 Å². The number of aryl methyl sites for hydroxylation is 2. The van der Waals surface area contributed by atoms with Crippen molar-refractivity contribution in [1.29, 1.82) is 0 Å². The summed E-state index contributed by atoms with van der Waals surface area (Å²) in [6.45, 7) is 3.93. The molecule has 1 aromatic rings. The topological polar surface area (TPSA) is 30.0 Å². The molecule has 0 radical (unpaired) electrons. The average Bonchev–Trinajstić information content (AvgIpc) is 2.47.